The number of hydrogen-bond donors (Lipinski definition) is 1. The molecule has 1 atom stereocenters. The normalized spacial score (nSPS) is 16.6. The van der Waals surface area contributed by atoms with Crippen molar-refractivity contribution in [3.8, 4) is 0 Å². The standard InChI is InChI=1S/C14H12ClFN2O2S/c1-20-13(19)11-12(15)18-14(21-11)17-10-5-3-7-2-4-8(16)6-9(7)10/h2,4,6,10H,3,5H2,1H3,(H,17,18). The lowest BCUT2D eigenvalue weighted by Gasteiger charge is -2.12. The van der Waals surface area contributed by atoms with Crippen molar-refractivity contribution in [3.05, 3.63) is 45.2 Å². The molecular formula is C14H12ClFN2O2S. The molecule has 2 aromatic rings. The number of fused-ring (bicyclic) bond motifs is 1. The molecule has 4 nitrogen and oxygen atoms in total. The molecule has 1 aromatic heterocycles. The van der Waals surface area contributed by atoms with Crippen LogP contribution < -0.4 is 5.32 Å². The molecule has 0 radical (unpaired) electrons. The fourth-order valence-corrected chi connectivity index (χ4v) is 3.61. The van der Waals surface area contributed by atoms with Gasteiger partial charge in [-0.05, 0) is 36.1 Å². The smallest absolute Gasteiger partial charge is 0.351 e. The molecule has 110 valence electrons. The van der Waals surface area contributed by atoms with Crippen molar-refractivity contribution < 1.29 is 13.9 Å². The first kappa shape index (κ1) is 14.3. The number of esters is 1. The highest BCUT2D eigenvalue weighted by Gasteiger charge is 2.25. The number of benzene rings is 1. The van der Waals surface area contributed by atoms with E-state index < -0.39 is 5.97 Å². The average Bonchev–Trinajstić information content (AvgIpc) is 3.02. The van der Waals surface area contributed by atoms with Crippen LogP contribution in [-0.2, 0) is 11.2 Å². The van der Waals surface area contributed by atoms with Gasteiger partial charge in [0.25, 0.3) is 0 Å². The largest absolute Gasteiger partial charge is 0.465 e. The number of thiazole rings is 1. The van der Waals surface area contributed by atoms with E-state index in [0.717, 1.165) is 35.3 Å². The van der Waals surface area contributed by atoms with E-state index in [1.165, 1.54) is 19.2 Å². The Bertz CT molecular complexity index is 704. The Morgan fingerprint density at radius 1 is 1.57 bits per heavy atom. The van der Waals surface area contributed by atoms with Crippen LogP contribution in [0, 0.1) is 5.82 Å². The first-order valence-corrected chi connectivity index (χ1v) is 7.57. The number of halogens is 2. The maximum absolute atomic E-state index is 13.4. The molecule has 1 aromatic carbocycles. The minimum absolute atomic E-state index is 0.0246. The first-order valence-electron chi connectivity index (χ1n) is 6.38. The predicted octanol–water partition coefficient (Wildman–Crippen LogP) is 3.82. The number of hydrogen-bond acceptors (Lipinski definition) is 5. The third-order valence-corrected chi connectivity index (χ3v) is 4.79. The van der Waals surface area contributed by atoms with E-state index in [4.69, 9.17) is 11.6 Å². The lowest BCUT2D eigenvalue weighted by atomic mass is 10.1. The molecule has 0 saturated carbocycles. The third kappa shape index (κ3) is 2.73. The lowest BCUT2D eigenvalue weighted by molar-refractivity contribution is 0.0606. The number of anilines is 1. The predicted molar refractivity (Wildman–Crippen MR) is 79.5 cm³/mol. The van der Waals surface area contributed by atoms with Crippen molar-refractivity contribution in [2.75, 3.05) is 12.4 Å². The highest BCUT2D eigenvalue weighted by Crippen LogP contribution is 2.36. The quantitative estimate of drug-likeness (QED) is 0.871. The summed E-state index contributed by atoms with van der Waals surface area (Å²) in [6, 6.07) is 4.79. The molecule has 0 saturated heterocycles. The molecule has 3 rings (SSSR count). The number of aromatic nitrogens is 1. The van der Waals surface area contributed by atoms with Crippen LogP contribution in [0.1, 0.15) is 33.3 Å². The number of aryl methyl sites for hydroxylation is 1. The van der Waals surface area contributed by atoms with Gasteiger partial charge in [0.1, 0.15) is 5.82 Å². The van der Waals surface area contributed by atoms with Crippen LogP contribution in [0.15, 0.2) is 18.2 Å². The highest BCUT2D eigenvalue weighted by atomic mass is 35.5. The molecular weight excluding hydrogens is 315 g/mol. The summed E-state index contributed by atoms with van der Waals surface area (Å²) in [5.74, 6) is -0.765. The fraction of sp³-hybridized carbons (Fsp3) is 0.286. The molecule has 0 spiro atoms. The van der Waals surface area contributed by atoms with Crippen molar-refractivity contribution in [1.29, 1.82) is 0 Å². The van der Waals surface area contributed by atoms with E-state index in [9.17, 15) is 9.18 Å². The van der Waals surface area contributed by atoms with Crippen LogP contribution in [0.3, 0.4) is 0 Å². The molecule has 0 amide bonds. The number of ether oxygens (including phenoxy) is 1. The number of rotatable bonds is 3. The minimum atomic E-state index is -0.511. The Kier molecular flexibility index (Phi) is 3.82. The van der Waals surface area contributed by atoms with Gasteiger partial charge in [0.05, 0.1) is 13.2 Å². The van der Waals surface area contributed by atoms with Gasteiger partial charge in [-0.15, -0.1) is 0 Å². The number of carbonyl (C=O) groups is 1. The third-order valence-electron chi connectivity index (χ3n) is 3.44. The molecule has 1 aliphatic rings. The molecule has 1 heterocycles. The van der Waals surface area contributed by atoms with Gasteiger partial charge < -0.3 is 10.1 Å². The topological polar surface area (TPSA) is 51.2 Å². The number of methoxy groups -OCH3 is 1. The molecule has 21 heavy (non-hydrogen) atoms. The summed E-state index contributed by atoms with van der Waals surface area (Å²) in [6.07, 6.45) is 1.74. The molecule has 7 heteroatoms. The van der Waals surface area contributed by atoms with Gasteiger partial charge in [-0.1, -0.05) is 29.0 Å². The monoisotopic (exact) mass is 326 g/mol. The molecule has 1 N–H and O–H groups in total. The van der Waals surface area contributed by atoms with E-state index in [0.29, 0.717) is 5.13 Å². The SMILES string of the molecule is COC(=O)c1sc(NC2CCc3ccc(F)cc32)nc1Cl. The van der Waals surface area contributed by atoms with E-state index >= 15 is 0 Å². The molecule has 0 aliphatic heterocycles. The summed E-state index contributed by atoms with van der Waals surface area (Å²) >= 11 is 7.06. The average molecular weight is 327 g/mol. The minimum Gasteiger partial charge on any atom is -0.465 e. The van der Waals surface area contributed by atoms with Gasteiger partial charge in [-0.2, -0.15) is 0 Å². The Morgan fingerprint density at radius 2 is 2.38 bits per heavy atom. The Labute approximate surface area is 129 Å². The van der Waals surface area contributed by atoms with Crippen LogP contribution in [0.5, 0.6) is 0 Å². The molecule has 0 bridgehead atoms. The molecule has 1 aliphatic carbocycles. The van der Waals surface area contributed by atoms with Crippen LogP contribution in [0.4, 0.5) is 9.52 Å². The van der Waals surface area contributed by atoms with E-state index in [1.807, 2.05) is 0 Å². The van der Waals surface area contributed by atoms with Crippen LogP contribution in [0.25, 0.3) is 0 Å². The second-order valence-corrected chi connectivity index (χ2v) is 6.07. The number of nitrogens with one attached hydrogen (secondary N) is 1. The second-order valence-electron chi connectivity index (χ2n) is 4.71. The van der Waals surface area contributed by atoms with E-state index in [1.54, 1.807) is 6.07 Å². The van der Waals surface area contributed by atoms with Gasteiger partial charge in [0.15, 0.2) is 15.2 Å². The lowest BCUT2D eigenvalue weighted by Crippen LogP contribution is -2.06. The van der Waals surface area contributed by atoms with Crippen molar-refractivity contribution >= 4 is 34.0 Å². The highest BCUT2D eigenvalue weighted by molar-refractivity contribution is 7.18. The van der Waals surface area contributed by atoms with Crippen molar-refractivity contribution in [2.24, 2.45) is 0 Å². The zero-order valence-corrected chi connectivity index (χ0v) is 12.7. The summed E-state index contributed by atoms with van der Waals surface area (Å²) in [6.45, 7) is 0. The maximum Gasteiger partial charge on any atom is 0.351 e. The number of nitrogens with zero attached hydrogens (tertiary/aromatic N) is 1. The Hall–Kier alpha value is -1.66. The zero-order chi connectivity index (χ0) is 15.0. The summed E-state index contributed by atoms with van der Waals surface area (Å²) < 4.78 is 18.0. The van der Waals surface area contributed by atoms with Crippen molar-refractivity contribution in [1.82, 2.24) is 4.98 Å². The van der Waals surface area contributed by atoms with E-state index in [2.05, 4.69) is 15.0 Å². The maximum atomic E-state index is 13.4. The summed E-state index contributed by atoms with van der Waals surface area (Å²) in [4.78, 5) is 15.9. The Morgan fingerprint density at radius 3 is 3.14 bits per heavy atom. The summed E-state index contributed by atoms with van der Waals surface area (Å²) in [5.41, 5.74) is 2.06. The summed E-state index contributed by atoms with van der Waals surface area (Å²) in [5, 5.41) is 3.86. The van der Waals surface area contributed by atoms with Crippen molar-refractivity contribution in [3.63, 3.8) is 0 Å². The van der Waals surface area contributed by atoms with Gasteiger partial charge in [0, 0.05) is 0 Å². The van der Waals surface area contributed by atoms with Gasteiger partial charge in [-0.25, -0.2) is 14.2 Å². The van der Waals surface area contributed by atoms with Crippen LogP contribution >= 0.6 is 22.9 Å². The zero-order valence-electron chi connectivity index (χ0n) is 11.2. The molecule has 0 fully saturated rings. The Balaban J connectivity index is 1.83. The number of carbonyl (C=O) groups excluding carboxylic acids is 1. The molecule has 1 unspecified atom stereocenters. The van der Waals surface area contributed by atoms with E-state index in [-0.39, 0.29) is 21.9 Å². The van der Waals surface area contributed by atoms with Gasteiger partial charge in [0.2, 0.25) is 0 Å². The second kappa shape index (κ2) is 5.61. The van der Waals surface area contributed by atoms with Crippen LogP contribution in [-0.4, -0.2) is 18.1 Å². The van der Waals surface area contributed by atoms with Crippen molar-refractivity contribution in [2.45, 2.75) is 18.9 Å². The van der Waals surface area contributed by atoms with Gasteiger partial charge in [-0.3, -0.25) is 0 Å². The van der Waals surface area contributed by atoms with Gasteiger partial charge >= 0.3 is 5.97 Å². The fourth-order valence-electron chi connectivity index (χ4n) is 2.45. The summed E-state index contributed by atoms with van der Waals surface area (Å²) in [7, 11) is 1.29. The van der Waals surface area contributed by atoms with Crippen LogP contribution in [0.2, 0.25) is 5.15 Å². The first-order chi connectivity index (χ1) is 10.1.